The van der Waals surface area contributed by atoms with Gasteiger partial charge in [0.2, 0.25) is 0 Å². The normalized spacial score (nSPS) is 10.3. The van der Waals surface area contributed by atoms with Gasteiger partial charge >= 0.3 is 5.88 Å². The van der Waals surface area contributed by atoms with E-state index in [0.717, 1.165) is 5.56 Å². The summed E-state index contributed by atoms with van der Waals surface area (Å²) in [6.07, 6.45) is 0. The largest absolute Gasteiger partial charge is 0.433 e. The Morgan fingerprint density at radius 2 is 2.17 bits per heavy atom. The molecule has 0 aliphatic carbocycles. The van der Waals surface area contributed by atoms with Gasteiger partial charge in [0, 0.05) is 5.69 Å². The summed E-state index contributed by atoms with van der Waals surface area (Å²) in [5.74, 6) is -0.214. The third-order valence-corrected chi connectivity index (χ3v) is 2.34. The Morgan fingerprint density at radius 3 is 2.78 bits per heavy atom. The van der Waals surface area contributed by atoms with E-state index in [1.165, 1.54) is 24.3 Å². The lowest BCUT2D eigenvalue weighted by Gasteiger charge is -2.05. The number of nitrogens with one attached hydrogen (secondary N) is 1. The monoisotopic (exact) mass is 250 g/mol. The molecule has 1 aromatic heterocycles. The molecule has 6 heteroatoms. The second-order valence-electron chi connectivity index (χ2n) is 3.87. The van der Waals surface area contributed by atoms with Crippen molar-refractivity contribution in [1.82, 2.24) is 0 Å². The van der Waals surface area contributed by atoms with Crippen LogP contribution < -0.4 is 5.32 Å². The molecular formula is C12H11FN2O3. The van der Waals surface area contributed by atoms with Crippen LogP contribution in [0.1, 0.15) is 11.3 Å². The summed E-state index contributed by atoms with van der Waals surface area (Å²) in [7, 11) is 0. The lowest BCUT2D eigenvalue weighted by molar-refractivity contribution is -0.402. The number of rotatable bonds is 4. The fraction of sp³-hybridized carbons (Fsp3) is 0.167. The van der Waals surface area contributed by atoms with Crippen molar-refractivity contribution in [3.8, 4) is 0 Å². The Balaban J connectivity index is 2.04. The zero-order valence-electron chi connectivity index (χ0n) is 9.64. The van der Waals surface area contributed by atoms with E-state index in [1.807, 2.05) is 0 Å². The molecule has 0 unspecified atom stereocenters. The van der Waals surface area contributed by atoms with Gasteiger partial charge < -0.3 is 9.73 Å². The number of anilines is 1. The van der Waals surface area contributed by atoms with Gasteiger partial charge in [-0.05, 0) is 36.8 Å². The van der Waals surface area contributed by atoms with E-state index in [1.54, 1.807) is 13.0 Å². The van der Waals surface area contributed by atoms with Crippen LogP contribution in [0.25, 0.3) is 0 Å². The third kappa shape index (κ3) is 2.85. The Hall–Kier alpha value is -2.37. The SMILES string of the molecule is Cc1cc(F)cc(NCc2ccc([N+](=O)[O-])o2)c1. The molecule has 0 saturated heterocycles. The molecule has 1 heterocycles. The molecule has 0 aliphatic rings. The Kier molecular flexibility index (Phi) is 3.27. The van der Waals surface area contributed by atoms with Gasteiger partial charge in [0.1, 0.15) is 16.5 Å². The van der Waals surface area contributed by atoms with E-state index < -0.39 is 4.92 Å². The van der Waals surface area contributed by atoms with Crippen molar-refractivity contribution in [2.24, 2.45) is 0 Å². The highest BCUT2D eigenvalue weighted by molar-refractivity contribution is 5.46. The highest BCUT2D eigenvalue weighted by atomic mass is 19.1. The molecule has 2 aromatic rings. The van der Waals surface area contributed by atoms with Gasteiger partial charge in [-0.25, -0.2) is 4.39 Å². The maximum absolute atomic E-state index is 13.1. The zero-order chi connectivity index (χ0) is 13.1. The molecule has 0 aliphatic heterocycles. The smallest absolute Gasteiger partial charge is 0.404 e. The maximum Gasteiger partial charge on any atom is 0.433 e. The van der Waals surface area contributed by atoms with Crippen molar-refractivity contribution in [2.45, 2.75) is 13.5 Å². The van der Waals surface area contributed by atoms with Crippen molar-refractivity contribution >= 4 is 11.6 Å². The van der Waals surface area contributed by atoms with Crippen LogP contribution in [0.15, 0.2) is 34.7 Å². The summed E-state index contributed by atoms with van der Waals surface area (Å²) >= 11 is 0. The minimum atomic E-state index is -0.601. The number of hydrogen-bond acceptors (Lipinski definition) is 4. The molecule has 94 valence electrons. The maximum atomic E-state index is 13.1. The first-order valence-electron chi connectivity index (χ1n) is 5.29. The van der Waals surface area contributed by atoms with Crippen LogP contribution in [0.3, 0.4) is 0 Å². The fourth-order valence-electron chi connectivity index (χ4n) is 1.59. The van der Waals surface area contributed by atoms with Crippen molar-refractivity contribution in [2.75, 3.05) is 5.32 Å². The van der Waals surface area contributed by atoms with Gasteiger partial charge in [-0.15, -0.1) is 0 Å². The Labute approximate surface area is 102 Å². The topological polar surface area (TPSA) is 68.3 Å². The summed E-state index contributed by atoms with van der Waals surface area (Å²) < 4.78 is 18.1. The Morgan fingerprint density at radius 1 is 1.39 bits per heavy atom. The molecule has 0 amide bonds. The average molecular weight is 250 g/mol. The van der Waals surface area contributed by atoms with Gasteiger partial charge in [0.15, 0.2) is 0 Å². The predicted molar refractivity (Wildman–Crippen MR) is 63.8 cm³/mol. The standard InChI is InChI=1S/C12H11FN2O3/c1-8-4-9(13)6-10(5-8)14-7-11-2-3-12(18-11)15(16)17/h2-6,14H,7H2,1H3. The van der Waals surface area contributed by atoms with E-state index in [4.69, 9.17) is 4.42 Å². The molecule has 0 fully saturated rings. The van der Waals surface area contributed by atoms with Crippen molar-refractivity contribution < 1.29 is 13.7 Å². The lowest BCUT2D eigenvalue weighted by Crippen LogP contribution is -1.99. The van der Waals surface area contributed by atoms with Crippen LogP contribution in [0.5, 0.6) is 0 Å². The zero-order valence-corrected chi connectivity index (χ0v) is 9.64. The van der Waals surface area contributed by atoms with Crippen LogP contribution in [0, 0.1) is 22.9 Å². The minimum Gasteiger partial charge on any atom is -0.404 e. The average Bonchev–Trinajstić information content (AvgIpc) is 2.73. The number of nitrogens with zero attached hydrogens (tertiary/aromatic N) is 1. The van der Waals surface area contributed by atoms with Crippen LogP contribution in [0.4, 0.5) is 16.0 Å². The molecule has 0 radical (unpaired) electrons. The van der Waals surface area contributed by atoms with Gasteiger partial charge in [-0.1, -0.05) is 0 Å². The van der Waals surface area contributed by atoms with Crippen molar-refractivity contribution in [3.05, 3.63) is 57.6 Å². The van der Waals surface area contributed by atoms with E-state index >= 15 is 0 Å². The highest BCUT2D eigenvalue weighted by Crippen LogP contribution is 2.18. The first-order chi connectivity index (χ1) is 8.54. The minimum absolute atomic E-state index is 0.261. The molecule has 1 aromatic carbocycles. The number of benzene rings is 1. The fourth-order valence-corrected chi connectivity index (χ4v) is 1.59. The number of hydrogen-bond donors (Lipinski definition) is 1. The summed E-state index contributed by atoms with van der Waals surface area (Å²) in [6.45, 7) is 2.04. The number of aryl methyl sites for hydroxylation is 1. The molecule has 18 heavy (non-hydrogen) atoms. The summed E-state index contributed by atoms with van der Waals surface area (Å²) in [5, 5.41) is 13.4. The van der Waals surface area contributed by atoms with E-state index in [0.29, 0.717) is 11.4 Å². The van der Waals surface area contributed by atoms with Gasteiger partial charge in [0.05, 0.1) is 12.6 Å². The van der Waals surface area contributed by atoms with E-state index in [9.17, 15) is 14.5 Å². The lowest BCUT2D eigenvalue weighted by atomic mass is 10.2. The highest BCUT2D eigenvalue weighted by Gasteiger charge is 2.11. The molecule has 0 bridgehead atoms. The summed E-state index contributed by atoms with van der Waals surface area (Å²) in [4.78, 5) is 9.82. The summed E-state index contributed by atoms with van der Waals surface area (Å²) in [6, 6.07) is 7.35. The Bertz CT molecular complexity index is 560. The van der Waals surface area contributed by atoms with Crippen LogP contribution in [0.2, 0.25) is 0 Å². The van der Waals surface area contributed by atoms with Crippen molar-refractivity contribution in [1.29, 1.82) is 0 Å². The molecule has 0 atom stereocenters. The van der Waals surface area contributed by atoms with Gasteiger partial charge in [-0.2, -0.15) is 0 Å². The molecular weight excluding hydrogens is 239 g/mol. The van der Waals surface area contributed by atoms with E-state index in [-0.39, 0.29) is 18.2 Å². The van der Waals surface area contributed by atoms with Gasteiger partial charge in [-0.3, -0.25) is 10.1 Å². The molecule has 0 saturated carbocycles. The number of furan rings is 1. The van der Waals surface area contributed by atoms with Crippen LogP contribution in [-0.2, 0) is 6.54 Å². The van der Waals surface area contributed by atoms with Crippen molar-refractivity contribution in [3.63, 3.8) is 0 Å². The predicted octanol–water partition coefficient (Wildman–Crippen LogP) is 3.25. The molecule has 0 spiro atoms. The quantitative estimate of drug-likeness (QED) is 0.668. The number of halogens is 1. The third-order valence-electron chi connectivity index (χ3n) is 2.34. The first kappa shape index (κ1) is 12.1. The molecule has 5 nitrogen and oxygen atoms in total. The van der Waals surface area contributed by atoms with E-state index in [2.05, 4.69) is 5.32 Å². The first-order valence-corrected chi connectivity index (χ1v) is 5.29. The summed E-state index contributed by atoms with van der Waals surface area (Å²) in [5.41, 5.74) is 1.40. The van der Waals surface area contributed by atoms with Crippen LogP contribution in [-0.4, -0.2) is 4.92 Å². The number of nitro groups is 1. The second-order valence-corrected chi connectivity index (χ2v) is 3.87. The molecule has 1 N–H and O–H groups in total. The van der Waals surface area contributed by atoms with Gasteiger partial charge in [0.25, 0.3) is 0 Å². The molecule has 2 rings (SSSR count). The second kappa shape index (κ2) is 4.87. The van der Waals surface area contributed by atoms with Crippen LogP contribution >= 0.6 is 0 Å².